The Morgan fingerprint density at radius 2 is 1.61 bits per heavy atom. The molecule has 1 aromatic rings. The average Bonchev–Trinajstić information content (AvgIpc) is 2.41. The average molecular weight is 397 g/mol. The van der Waals surface area contributed by atoms with E-state index in [1.807, 2.05) is 12.1 Å². The highest BCUT2D eigenvalue weighted by Crippen LogP contribution is 2.35. The molecule has 0 aliphatic heterocycles. The van der Waals surface area contributed by atoms with E-state index in [4.69, 9.17) is 11.6 Å². The van der Waals surface area contributed by atoms with Crippen molar-refractivity contribution < 1.29 is 0 Å². The number of benzene rings is 1. The number of hydrogen-bond acceptors (Lipinski definition) is 0. The van der Waals surface area contributed by atoms with E-state index in [0.29, 0.717) is 0 Å². The van der Waals surface area contributed by atoms with Crippen LogP contribution in [0.5, 0.6) is 0 Å². The molecule has 0 N–H and O–H groups in total. The fourth-order valence-corrected chi connectivity index (χ4v) is 4.42. The van der Waals surface area contributed by atoms with Crippen LogP contribution >= 0.6 is 43.5 Å². The molecule has 1 aromatic carbocycles. The molecule has 0 radical (unpaired) electrons. The first-order chi connectivity index (χ1) is 8.68. The summed E-state index contributed by atoms with van der Waals surface area (Å²) >= 11 is 13.4. The molecule has 0 unspecified atom stereocenters. The van der Waals surface area contributed by atoms with Gasteiger partial charge < -0.3 is 0 Å². The Hall–Kier alpha value is 0.470. The first-order valence-electron chi connectivity index (χ1n) is 6.56. The molecular formula is C15H21Br2Cl. The lowest BCUT2D eigenvalue weighted by atomic mass is 9.80. The molecule has 1 rings (SSSR count). The molecule has 0 nitrogen and oxygen atoms in total. The second-order valence-electron chi connectivity index (χ2n) is 4.87. The van der Waals surface area contributed by atoms with Gasteiger partial charge in [0.05, 0.1) is 0 Å². The molecule has 3 heteroatoms. The molecular weight excluding hydrogens is 375 g/mol. The molecule has 0 saturated heterocycles. The molecule has 0 aliphatic carbocycles. The zero-order chi connectivity index (χ0) is 13.4. The summed E-state index contributed by atoms with van der Waals surface area (Å²) in [7, 11) is 0. The summed E-state index contributed by atoms with van der Waals surface area (Å²) < 4.78 is 0. The van der Waals surface area contributed by atoms with Gasteiger partial charge in [0.2, 0.25) is 0 Å². The monoisotopic (exact) mass is 394 g/mol. The van der Waals surface area contributed by atoms with Crippen LogP contribution in [0.1, 0.15) is 44.6 Å². The number of unbranched alkanes of at least 4 members (excludes halogenated alkanes) is 3. The third-order valence-corrected chi connectivity index (χ3v) is 5.88. The fraction of sp³-hybridized carbons (Fsp3) is 0.600. The Morgan fingerprint density at radius 1 is 1.00 bits per heavy atom. The van der Waals surface area contributed by atoms with E-state index in [0.717, 1.165) is 15.7 Å². The zero-order valence-corrected chi connectivity index (χ0v) is 14.8. The summed E-state index contributed by atoms with van der Waals surface area (Å²) in [5, 5.41) is 2.78. The first-order valence-corrected chi connectivity index (χ1v) is 9.18. The maximum absolute atomic E-state index is 5.97. The third kappa shape index (κ3) is 4.54. The number of rotatable bonds is 8. The molecule has 0 bridgehead atoms. The Morgan fingerprint density at radius 3 is 2.11 bits per heavy atom. The van der Waals surface area contributed by atoms with Gasteiger partial charge in [-0.25, -0.2) is 0 Å². The van der Waals surface area contributed by atoms with E-state index in [-0.39, 0.29) is 5.41 Å². The van der Waals surface area contributed by atoms with Crippen molar-refractivity contribution in [2.24, 2.45) is 0 Å². The van der Waals surface area contributed by atoms with Crippen molar-refractivity contribution in [3.8, 4) is 0 Å². The molecule has 0 aliphatic rings. The summed E-state index contributed by atoms with van der Waals surface area (Å²) in [6.07, 6.45) is 6.45. The maximum atomic E-state index is 5.97. The fourth-order valence-electron chi connectivity index (χ4n) is 2.16. The van der Waals surface area contributed by atoms with E-state index >= 15 is 0 Å². The van der Waals surface area contributed by atoms with E-state index in [9.17, 15) is 0 Å². The Labute approximate surface area is 133 Å². The minimum atomic E-state index is 0.193. The third-order valence-electron chi connectivity index (χ3n) is 3.48. The van der Waals surface area contributed by atoms with Gasteiger partial charge in [-0.3, -0.25) is 0 Å². The van der Waals surface area contributed by atoms with Gasteiger partial charge in [0, 0.05) is 21.1 Å². The molecule has 0 amide bonds. The Kier molecular flexibility index (Phi) is 7.90. The topological polar surface area (TPSA) is 0 Å². The zero-order valence-electron chi connectivity index (χ0n) is 10.9. The van der Waals surface area contributed by atoms with Gasteiger partial charge in [-0.1, -0.05) is 88.2 Å². The summed E-state index contributed by atoms with van der Waals surface area (Å²) in [5.41, 5.74) is 1.57. The van der Waals surface area contributed by atoms with Gasteiger partial charge in [-0.15, -0.1) is 0 Å². The van der Waals surface area contributed by atoms with Gasteiger partial charge in [-0.05, 0) is 24.1 Å². The number of hydrogen-bond donors (Lipinski definition) is 0. The van der Waals surface area contributed by atoms with Crippen LogP contribution in [0.25, 0.3) is 0 Å². The van der Waals surface area contributed by atoms with Crippen molar-refractivity contribution in [3.63, 3.8) is 0 Å². The molecule has 18 heavy (non-hydrogen) atoms. The smallest absolute Gasteiger partial charge is 0.0406 e. The van der Waals surface area contributed by atoms with Gasteiger partial charge >= 0.3 is 0 Å². The quantitative estimate of drug-likeness (QED) is 0.355. The highest BCUT2D eigenvalue weighted by atomic mass is 79.9. The van der Waals surface area contributed by atoms with Crippen molar-refractivity contribution in [2.45, 2.75) is 44.4 Å². The van der Waals surface area contributed by atoms with Gasteiger partial charge in [0.1, 0.15) is 0 Å². The number of alkyl halides is 2. The Bertz CT molecular complexity index is 331. The molecule has 0 spiro atoms. The van der Waals surface area contributed by atoms with Crippen LogP contribution in [0.4, 0.5) is 0 Å². The molecule has 0 fully saturated rings. The molecule has 102 valence electrons. The van der Waals surface area contributed by atoms with Crippen LogP contribution in [0, 0.1) is 0 Å². The molecule has 0 saturated carbocycles. The second kappa shape index (κ2) is 8.60. The number of halogens is 3. The van der Waals surface area contributed by atoms with E-state index in [2.05, 4.69) is 50.9 Å². The molecule has 0 heterocycles. The highest BCUT2D eigenvalue weighted by molar-refractivity contribution is 9.09. The van der Waals surface area contributed by atoms with Crippen LogP contribution in [0.15, 0.2) is 24.3 Å². The lowest BCUT2D eigenvalue weighted by molar-refractivity contribution is 0.466. The van der Waals surface area contributed by atoms with Crippen molar-refractivity contribution in [1.29, 1.82) is 0 Å². The largest absolute Gasteiger partial charge is 0.0918 e. The first kappa shape index (κ1) is 16.5. The van der Waals surface area contributed by atoms with Crippen LogP contribution < -0.4 is 0 Å². The van der Waals surface area contributed by atoms with Crippen molar-refractivity contribution in [2.75, 3.05) is 10.7 Å². The predicted octanol–water partition coefficient (Wildman–Crippen LogP) is 6.34. The Balaban J connectivity index is 2.75. The summed E-state index contributed by atoms with van der Waals surface area (Å²) in [6.45, 7) is 2.25. The van der Waals surface area contributed by atoms with Crippen LogP contribution in [0.2, 0.25) is 5.02 Å². The van der Waals surface area contributed by atoms with Gasteiger partial charge in [-0.2, -0.15) is 0 Å². The van der Waals surface area contributed by atoms with Crippen LogP contribution in [0.3, 0.4) is 0 Å². The highest BCUT2D eigenvalue weighted by Gasteiger charge is 2.29. The standard InChI is InChI=1S/C15H21Br2Cl/c1-2-3-4-5-10-15(11-16,12-17)13-6-8-14(18)9-7-13/h6-9H,2-5,10-12H2,1H3. The molecule has 0 aromatic heterocycles. The van der Waals surface area contributed by atoms with Gasteiger partial charge in [0.15, 0.2) is 0 Å². The molecule has 0 atom stereocenters. The normalized spacial score (nSPS) is 11.8. The summed E-state index contributed by atoms with van der Waals surface area (Å²) in [4.78, 5) is 0. The minimum Gasteiger partial charge on any atom is -0.0918 e. The SMILES string of the molecule is CCCCCCC(CBr)(CBr)c1ccc(Cl)cc1. The van der Waals surface area contributed by atoms with Gasteiger partial charge in [0.25, 0.3) is 0 Å². The van der Waals surface area contributed by atoms with Crippen LogP contribution in [-0.2, 0) is 5.41 Å². The lowest BCUT2D eigenvalue weighted by Gasteiger charge is -2.31. The summed E-state index contributed by atoms with van der Waals surface area (Å²) in [6, 6.07) is 8.29. The maximum Gasteiger partial charge on any atom is 0.0406 e. The predicted molar refractivity (Wildman–Crippen MR) is 89.5 cm³/mol. The van der Waals surface area contributed by atoms with E-state index in [1.165, 1.54) is 37.7 Å². The van der Waals surface area contributed by atoms with Crippen molar-refractivity contribution >= 4 is 43.5 Å². The van der Waals surface area contributed by atoms with Crippen LogP contribution in [-0.4, -0.2) is 10.7 Å². The summed E-state index contributed by atoms with van der Waals surface area (Å²) in [5.74, 6) is 0. The van der Waals surface area contributed by atoms with E-state index < -0.39 is 0 Å². The van der Waals surface area contributed by atoms with Crippen molar-refractivity contribution in [3.05, 3.63) is 34.9 Å². The minimum absolute atomic E-state index is 0.193. The van der Waals surface area contributed by atoms with E-state index in [1.54, 1.807) is 0 Å². The lowest BCUT2D eigenvalue weighted by Crippen LogP contribution is -2.30. The van der Waals surface area contributed by atoms with Crippen molar-refractivity contribution in [1.82, 2.24) is 0 Å². The second-order valence-corrected chi connectivity index (χ2v) is 6.42.